The van der Waals surface area contributed by atoms with Gasteiger partial charge in [-0.3, -0.25) is 4.79 Å². The number of nitriles is 1. The molecule has 2 heterocycles. The minimum Gasteiger partial charge on any atom is -0.354 e. The van der Waals surface area contributed by atoms with Gasteiger partial charge in [0.15, 0.2) is 0 Å². The molecule has 0 radical (unpaired) electrons. The lowest BCUT2D eigenvalue weighted by molar-refractivity contribution is 0.929. The predicted molar refractivity (Wildman–Crippen MR) is 81.2 cm³/mol. The first-order chi connectivity index (χ1) is 10.2. The molecule has 0 unspecified atom stereocenters. The number of hydrogen-bond acceptors (Lipinski definition) is 2. The molecule has 0 saturated carbocycles. The summed E-state index contributed by atoms with van der Waals surface area (Å²) in [4.78, 5) is 18.0. The first-order valence-electron chi connectivity index (χ1n) is 6.95. The fourth-order valence-corrected chi connectivity index (χ4v) is 3.25. The molecule has 4 rings (SSSR count). The molecule has 3 aromatic rings. The number of fused-ring (bicyclic) bond motifs is 5. The normalized spacial score (nSPS) is 12.8. The average Bonchev–Trinajstić information content (AvgIpc) is 2.85. The Hall–Kier alpha value is -2.80. The molecule has 0 aliphatic heterocycles. The van der Waals surface area contributed by atoms with Gasteiger partial charge in [0, 0.05) is 22.7 Å². The van der Waals surface area contributed by atoms with E-state index in [4.69, 9.17) is 0 Å². The quantitative estimate of drug-likeness (QED) is 0.662. The van der Waals surface area contributed by atoms with E-state index in [1.54, 1.807) is 6.20 Å². The van der Waals surface area contributed by atoms with Crippen LogP contribution in [0.3, 0.4) is 0 Å². The molecule has 21 heavy (non-hydrogen) atoms. The van der Waals surface area contributed by atoms with Crippen LogP contribution in [0.2, 0.25) is 0 Å². The van der Waals surface area contributed by atoms with E-state index >= 15 is 0 Å². The Morgan fingerprint density at radius 2 is 2.14 bits per heavy atom. The molecule has 4 nitrogen and oxygen atoms in total. The number of aromatic amines is 2. The third-order valence-corrected chi connectivity index (χ3v) is 4.24. The van der Waals surface area contributed by atoms with Gasteiger partial charge in [0.2, 0.25) is 0 Å². The Labute approximate surface area is 121 Å². The molecule has 0 spiro atoms. The summed E-state index contributed by atoms with van der Waals surface area (Å²) in [5.74, 6) is 0. The summed E-state index contributed by atoms with van der Waals surface area (Å²) in [6, 6.07) is 8.34. The number of hydrogen-bond donors (Lipinski definition) is 2. The average molecular weight is 275 g/mol. The minimum atomic E-state index is -0.320. The minimum absolute atomic E-state index is 0.205. The number of aryl methyl sites for hydroxylation is 3. The zero-order valence-electron chi connectivity index (χ0n) is 11.6. The van der Waals surface area contributed by atoms with Gasteiger partial charge in [-0.2, -0.15) is 5.26 Å². The van der Waals surface area contributed by atoms with Crippen molar-refractivity contribution in [1.29, 1.82) is 5.26 Å². The van der Waals surface area contributed by atoms with Gasteiger partial charge in [-0.25, -0.2) is 0 Å². The molecular formula is C17H13N3O. The number of nitrogens with one attached hydrogen (secondary N) is 2. The number of nitrogens with zero attached hydrogens (tertiary/aromatic N) is 1. The first kappa shape index (κ1) is 12.0. The van der Waals surface area contributed by atoms with E-state index in [0.717, 1.165) is 35.2 Å². The van der Waals surface area contributed by atoms with Crippen LogP contribution in [-0.2, 0) is 12.8 Å². The summed E-state index contributed by atoms with van der Waals surface area (Å²) >= 11 is 0. The summed E-state index contributed by atoms with van der Waals surface area (Å²) in [5.41, 5.74) is 6.10. The van der Waals surface area contributed by atoms with Crippen LogP contribution in [0.25, 0.3) is 22.2 Å². The number of rotatable bonds is 0. The summed E-state index contributed by atoms with van der Waals surface area (Å²) in [5, 5.41) is 10.5. The smallest absolute Gasteiger partial charge is 0.266 e. The van der Waals surface area contributed by atoms with E-state index in [-0.39, 0.29) is 11.1 Å². The topological polar surface area (TPSA) is 72.4 Å². The fourth-order valence-electron chi connectivity index (χ4n) is 3.25. The van der Waals surface area contributed by atoms with Crippen molar-refractivity contribution >= 4 is 10.9 Å². The van der Waals surface area contributed by atoms with Crippen LogP contribution in [0, 0.1) is 18.3 Å². The molecule has 1 aliphatic rings. The van der Waals surface area contributed by atoms with Gasteiger partial charge in [0.05, 0.1) is 5.69 Å². The van der Waals surface area contributed by atoms with E-state index in [1.807, 2.05) is 0 Å². The second-order valence-electron chi connectivity index (χ2n) is 5.53. The van der Waals surface area contributed by atoms with Crippen LogP contribution < -0.4 is 5.56 Å². The molecule has 0 atom stereocenters. The summed E-state index contributed by atoms with van der Waals surface area (Å²) in [6.45, 7) is 2.07. The van der Waals surface area contributed by atoms with Crippen LogP contribution in [0.15, 0.2) is 29.2 Å². The van der Waals surface area contributed by atoms with Crippen molar-refractivity contribution in [3.63, 3.8) is 0 Å². The second kappa shape index (κ2) is 4.10. The molecular weight excluding hydrogens is 262 g/mol. The van der Waals surface area contributed by atoms with Crippen molar-refractivity contribution < 1.29 is 0 Å². The molecule has 0 fully saturated rings. The van der Waals surface area contributed by atoms with Gasteiger partial charge in [-0.05, 0) is 43.0 Å². The van der Waals surface area contributed by atoms with Crippen LogP contribution in [0.5, 0.6) is 0 Å². The zero-order valence-corrected chi connectivity index (χ0v) is 11.6. The lowest BCUT2D eigenvalue weighted by Crippen LogP contribution is -2.16. The van der Waals surface area contributed by atoms with E-state index in [2.05, 4.69) is 41.2 Å². The van der Waals surface area contributed by atoms with E-state index in [0.29, 0.717) is 0 Å². The third kappa shape index (κ3) is 1.58. The van der Waals surface area contributed by atoms with Gasteiger partial charge < -0.3 is 9.97 Å². The van der Waals surface area contributed by atoms with Crippen LogP contribution in [0.1, 0.15) is 22.3 Å². The predicted octanol–water partition coefficient (Wildman–Crippen LogP) is 2.80. The number of H-pyrrole nitrogens is 2. The summed E-state index contributed by atoms with van der Waals surface area (Å²) in [6.07, 6.45) is 3.50. The Morgan fingerprint density at radius 1 is 1.29 bits per heavy atom. The standard InChI is InChI=1S/C17H13N3O/c1-9-2-5-14-12(6-9)11-4-3-10-8-19-17(21)13(7-18)15(10)16(11)20-14/h2,5-6,8,20H,3-4H2,1H3,(H,19,21). The second-order valence-corrected chi connectivity index (χ2v) is 5.53. The van der Waals surface area contributed by atoms with Crippen LogP contribution in [0.4, 0.5) is 0 Å². The van der Waals surface area contributed by atoms with Crippen molar-refractivity contribution in [2.24, 2.45) is 0 Å². The first-order valence-corrected chi connectivity index (χ1v) is 6.95. The molecule has 0 bridgehead atoms. The number of aromatic nitrogens is 2. The SMILES string of the molecule is Cc1ccc2[nH]c3c(c2c1)CCc1c[nH]c(=O)c(C#N)c1-3. The molecule has 0 amide bonds. The highest BCUT2D eigenvalue weighted by Crippen LogP contribution is 2.38. The summed E-state index contributed by atoms with van der Waals surface area (Å²) < 4.78 is 0. The molecule has 0 saturated heterocycles. The maximum atomic E-state index is 11.9. The van der Waals surface area contributed by atoms with Gasteiger partial charge in [-0.15, -0.1) is 0 Å². The Bertz CT molecular complexity index is 986. The Balaban J connectivity index is 2.14. The van der Waals surface area contributed by atoms with Gasteiger partial charge in [0.25, 0.3) is 5.56 Å². The monoisotopic (exact) mass is 275 g/mol. The molecule has 4 heteroatoms. The van der Waals surface area contributed by atoms with Gasteiger partial charge in [-0.1, -0.05) is 11.6 Å². The van der Waals surface area contributed by atoms with E-state index < -0.39 is 0 Å². The molecule has 2 aromatic heterocycles. The van der Waals surface area contributed by atoms with Crippen molar-refractivity contribution in [2.75, 3.05) is 0 Å². The molecule has 2 N–H and O–H groups in total. The van der Waals surface area contributed by atoms with E-state index in [1.165, 1.54) is 16.5 Å². The Morgan fingerprint density at radius 3 is 2.95 bits per heavy atom. The van der Waals surface area contributed by atoms with Crippen LogP contribution in [-0.4, -0.2) is 9.97 Å². The van der Waals surface area contributed by atoms with Crippen LogP contribution >= 0.6 is 0 Å². The van der Waals surface area contributed by atoms with Gasteiger partial charge in [0.1, 0.15) is 11.6 Å². The van der Waals surface area contributed by atoms with E-state index in [9.17, 15) is 10.1 Å². The third-order valence-electron chi connectivity index (χ3n) is 4.24. The zero-order chi connectivity index (χ0) is 14.6. The lowest BCUT2D eigenvalue weighted by Gasteiger charge is -2.17. The maximum Gasteiger partial charge on any atom is 0.266 e. The van der Waals surface area contributed by atoms with Crippen molar-refractivity contribution in [2.45, 2.75) is 19.8 Å². The summed E-state index contributed by atoms with van der Waals surface area (Å²) in [7, 11) is 0. The highest BCUT2D eigenvalue weighted by atomic mass is 16.1. The van der Waals surface area contributed by atoms with Crippen molar-refractivity contribution in [3.05, 3.63) is 57.0 Å². The molecule has 102 valence electrons. The molecule has 1 aliphatic carbocycles. The molecule has 1 aromatic carbocycles. The fraction of sp³-hybridized carbons (Fsp3) is 0.176. The van der Waals surface area contributed by atoms with Crippen molar-refractivity contribution in [1.82, 2.24) is 9.97 Å². The highest BCUT2D eigenvalue weighted by molar-refractivity contribution is 5.93. The highest BCUT2D eigenvalue weighted by Gasteiger charge is 2.24. The van der Waals surface area contributed by atoms with Crippen molar-refractivity contribution in [3.8, 4) is 17.3 Å². The number of benzene rings is 1. The largest absolute Gasteiger partial charge is 0.354 e. The lowest BCUT2D eigenvalue weighted by atomic mass is 9.88. The Kier molecular flexibility index (Phi) is 2.34. The van der Waals surface area contributed by atoms with Gasteiger partial charge >= 0.3 is 0 Å². The maximum absolute atomic E-state index is 11.9. The number of pyridine rings is 1.